The lowest BCUT2D eigenvalue weighted by Gasteiger charge is -2.24. The van der Waals surface area contributed by atoms with E-state index in [2.05, 4.69) is 68.4 Å². The van der Waals surface area contributed by atoms with Crippen molar-refractivity contribution in [1.29, 1.82) is 0 Å². The van der Waals surface area contributed by atoms with E-state index in [-0.39, 0.29) is 25.1 Å². The maximum atomic E-state index is 11.8. The number of aliphatic hydroxyl groups is 1. The van der Waals surface area contributed by atoms with Gasteiger partial charge in [0.15, 0.2) is 0 Å². The number of amidine groups is 1. The van der Waals surface area contributed by atoms with Gasteiger partial charge in [0.05, 0.1) is 23.9 Å². The number of carbonyl (C=O) groups is 1. The lowest BCUT2D eigenvalue weighted by molar-refractivity contribution is -0.145. The molecule has 0 amide bonds. The number of fused-ring (bicyclic) bond motifs is 1. The molecule has 5 aromatic rings. The number of carboxylic acids is 1. The average Bonchev–Trinajstić information content (AvgIpc) is 3.88. The number of pyridine rings is 2. The number of rotatable bonds is 14. The zero-order valence-corrected chi connectivity index (χ0v) is 30.3. The Bertz CT molecular complexity index is 2160. The fraction of sp³-hybridized carbons (Fsp3) is 0.268. The quantitative estimate of drug-likeness (QED) is 0.0865. The van der Waals surface area contributed by atoms with Gasteiger partial charge in [0, 0.05) is 66.4 Å². The Labute approximate surface area is 313 Å². The topological polar surface area (TPSA) is 150 Å². The van der Waals surface area contributed by atoms with E-state index in [9.17, 15) is 15.0 Å². The second kappa shape index (κ2) is 15.6. The van der Waals surface area contributed by atoms with Crippen LogP contribution in [-0.4, -0.2) is 64.3 Å². The zero-order valence-electron chi connectivity index (χ0n) is 29.5. The van der Waals surface area contributed by atoms with Crippen LogP contribution in [0.15, 0.2) is 96.2 Å². The van der Waals surface area contributed by atoms with E-state index in [1.807, 2.05) is 31.3 Å². The molecule has 3 aromatic carbocycles. The van der Waals surface area contributed by atoms with Gasteiger partial charge < -0.3 is 30.3 Å². The zero-order chi connectivity index (χ0) is 37.0. The number of aliphatic imine (C=N–C) groups is 1. The van der Waals surface area contributed by atoms with Crippen LogP contribution in [0, 0.1) is 0 Å². The van der Waals surface area contributed by atoms with Gasteiger partial charge >= 0.3 is 5.97 Å². The predicted octanol–water partition coefficient (Wildman–Crippen LogP) is 6.43. The SMILES string of the molecule is CNc1cncc(COc2nc(O[C@H]3CCc4c(-c5cccc(-c6ccc(C7=NCCN7)cc6)c5Cl)cccc43)ccc2CNC(C)(CO)C(=O)O)c1. The molecule has 0 saturated carbocycles. The van der Waals surface area contributed by atoms with Crippen molar-refractivity contribution in [2.24, 2.45) is 4.99 Å². The Balaban J connectivity index is 1.13. The molecule has 1 aliphatic heterocycles. The second-order valence-electron chi connectivity index (χ2n) is 13.3. The molecular formula is C41H41ClN6O5. The summed E-state index contributed by atoms with van der Waals surface area (Å²) in [4.78, 5) is 25.4. The van der Waals surface area contributed by atoms with E-state index in [1.54, 1.807) is 24.5 Å². The van der Waals surface area contributed by atoms with Crippen LogP contribution in [0.4, 0.5) is 5.69 Å². The molecule has 11 nitrogen and oxygen atoms in total. The summed E-state index contributed by atoms with van der Waals surface area (Å²) in [6.45, 7) is 2.76. The van der Waals surface area contributed by atoms with Gasteiger partial charge in [-0.3, -0.25) is 20.1 Å². The standard InChI is InChI=1S/C41H41ClN6O5/c1-41(24-49,40(50)51)47-21-28-13-16-36(48-39(28)52-23-25-19-29(43-2)22-44-20-25)53-35-15-14-32-31(6-4-7-33(32)35)34-8-3-5-30(37(34)42)26-9-11-27(12-10-26)38-45-17-18-46-38/h3-13,16,19-20,22,35,43,47,49H,14-15,17-18,21,23-24H2,1-2H3,(H,45,46)(H,50,51)/t35-,41?/m0/s1. The molecule has 1 aliphatic carbocycles. The Hall–Kier alpha value is -5.49. The summed E-state index contributed by atoms with van der Waals surface area (Å²) in [6.07, 6.45) is 4.72. The Morgan fingerprint density at radius 2 is 1.79 bits per heavy atom. The summed E-state index contributed by atoms with van der Waals surface area (Å²) in [5.41, 5.74) is 8.07. The molecule has 2 aliphatic rings. The van der Waals surface area contributed by atoms with Gasteiger partial charge in [0.2, 0.25) is 11.8 Å². The van der Waals surface area contributed by atoms with Crippen LogP contribution < -0.4 is 25.4 Å². The first-order valence-electron chi connectivity index (χ1n) is 17.6. The van der Waals surface area contributed by atoms with E-state index in [0.29, 0.717) is 16.5 Å². The lowest BCUT2D eigenvalue weighted by Crippen LogP contribution is -2.52. The third-order valence-corrected chi connectivity index (χ3v) is 10.1. The molecule has 0 saturated heterocycles. The number of hydrogen-bond acceptors (Lipinski definition) is 10. The van der Waals surface area contributed by atoms with E-state index in [0.717, 1.165) is 76.4 Å². The number of aromatic nitrogens is 2. The van der Waals surface area contributed by atoms with Crippen molar-refractivity contribution in [3.05, 3.63) is 124 Å². The van der Waals surface area contributed by atoms with Crippen molar-refractivity contribution in [3.8, 4) is 34.0 Å². The molecule has 3 heterocycles. The highest BCUT2D eigenvalue weighted by molar-refractivity contribution is 6.36. The number of benzene rings is 3. The number of nitrogens with zero attached hydrogens (tertiary/aromatic N) is 3. The minimum absolute atomic E-state index is 0.0901. The molecule has 0 radical (unpaired) electrons. The van der Waals surface area contributed by atoms with E-state index in [1.165, 1.54) is 12.5 Å². The fourth-order valence-corrected chi connectivity index (χ4v) is 6.96. The Morgan fingerprint density at radius 3 is 2.55 bits per heavy atom. The minimum atomic E-state index is -1.54. The summed E-state index contributed by atoms with van der Waals surface area (Å²) in [7, 11) is 1.81. The molecule has 2 aromatic heterocycles. The predicted molar refractivity (Wildman–Crippen MR) is 206 cm³/mol. The summed E-state index contributed by atoms with van der Waals surface area (Å²) in [6, 6.07) is 26.2. The molecule has 5 N–H and O–H groups in total. The number of nitrogens with one attached hydrogen (secondary N) is 3. The Kier molecular flexibility index (Phi) is 10.6. The van der Waals surface area contributed by atoms with Gasteiger partial charge in [-0.25, -0.2) is 0 Å². The normalized spacial score (nSPS) is 15.9. The van der Waals surface area contributed by atoms with Crippen molar-refractivity contribution in [2.45, 2.75) is 44.6 Å². The maximum absolute atomic E-state index is 11.8. The van der Waals surface area contributed by atoms with E-state index >= 15 is 0 Å². The average molecular weight is 733 g/mol. The summed E-state index contributed by atoms with van der Waals surface area (Å²) < 4.78 is 12.7. The summed E-state index contributed by atoms with van der Waals surface area (Å²) >= 11 is 7.17. The van der Waals surface area contributed by atoms with Gasteiger partial charge in [-0.2, -0.15) is 4.98 Å². The van der Waals surface area contributed by atoms with Crippen LogP contribution in [0.2, 0.25) is 5.02 Å². The number of ether oxygens (including phenoxy) is 2. The van der Waals surface area contributed by atoms with Crippen LogP contribution in [0.5, 0.6) is 11.8 Å². The van der Waals surface area contributed by atoms with Crippen LogP contribution >= 0.6 is 11.6 Å². The molecule has 1 unspecified atom stereocenters. The molecule has 7 rings (SSSR count). The first kappa shape index (κ1) is 35.9. The molecule has 0 spiro atoms. The van der Waals surface area contributed by atoms with Crippen molar-refractivity contribution < 1.29 is 24.5 Å². The van der Waals surface area contributed by atoms with Gasteiger partial charge in [-0.15, -0.1) is 0 Å². The number of hydrogen-bond donors (Lipinski definition) is 5. The van der Waals surface area contributed by atoms with Crippen LogP contribution in [0.25, 0.3) is 22.3 Å². The van der Waals surface area contributed by atoms with E-state index < -0.39 is 18.1 Å². The van der Waals surface area contributed by atoms with Crippen molar-refractivity contribution in [3.63, 3.8) is 0 Å². The van der Waals surface area contributed by atoms with Gasteiger partial charge in [0.1, 0.15) is 24.1 Å². The molecule has 0 fully saturated rings. The highest BCUT2D eigenvalue weighted by Crippen LogP contribution is 2.44. The highest BCUT2D eigenvalue weighted by Gasteiger charge is 2.32. The number of aliphatic hydroxyl groups excluding tert-OH is 1. The van der Waals surface area contributed by atoms with Gasteiger partial charge in [-0.05, 0) is 54.2 Å². The van der Waals surface area contributed by atoms with Crippen LogP contribution in [0.3, 0.4) is 0 Å². The first-order valence-corrected chi connectivity index (χ1v) is 17.9. The third-order valence-electron chi connectivity index (χ3n) is 9.74. The van der Waals surface area contributed by atoms with Crippen LogP contribution in [-0.2, 0) is 24.4 Å². The molecule has 272 valence electrons. The monoisotopic (exact) mass is 732 g/mol. The summed E-state index contributed by atoms with van der Waals surface area (Å²) in [5, 5.41) is 29.4. The number of halogens is 1. The molecule has 12 heteroatoms. The second-order valence-corrected chi connectivity index (χ2v) is 13.7. The highest BCUT2D eigenvalue weighted by atomic mass is 35.5. The van der Waals surface area contributed by atoms with Crippen molar-refractivity contribution in [1.82, 2.24) is 20.6 Å². The first-order chi connectivity index (χ1) is 25.8. The summed E-state index contributed by atoms with van der Waals surface area (Å²) in [5.74, 6) is 0.417. The fourth-order valence-electron chi connectivity index (χ4n) is 6.62. The maximum Gasteiger partial charge on any atom is 0.326 e. The number of aliphatic carboxylic acids is 1. The smallest absolute Gasteiger partial charge is 0.326 e. The largest absolute Gasteiger partial charge is 0.480 e. The molecule has 53 heavy (non-hydrogen) atoms. The van der Waals surface area contributed by atoms with Gasteiger partial charge in [0.25, 0.3) is 0 Å². The lowest BCUT2D eigenvalue weighted by atomic mass is 9.93. The minimum Gasteiger partial charge on any atom is -0.480 e. The van der Waals surface area contributed by atoms with Crippen molar-refractivity contribution >= 4 is 29.1 Å². The van der Waals surface area contributed by atoms with Gasteiger partial charge in [-0.1, -0.05) is 72.3 Å². The van der Waals surface area contributed by atoms with Crippen LogP contribution in [0.1, 0.15) is 47.3 Å². The molecular weight excluding hydrogens is 692 g/mol. The molecule has 0 bridgehead atoms. The third kappa shape index (κ3) is 7.68. The van der Waals surface area contributed by atoms with Crippen molar-refractivity contribution in [2.75, 3.05) is 32.1 Å². The number of carboxylic acid groups (broad SMARTS) is 1. The van der Waals surface area contributed by atoms with E-state index in [4.69, 9.17) is 26.1 Å². The number of anilines is 1. The Morgan fingerprint density at radius 1 is 1.02 bits per heavy atom. The molecule has 2 atom stereocenters.